The van der Waals surface area contributed by atoms with E-state index in [1.54, 1.807) is 24.3 Å². The lowest BCUT2D eigenvalue weighted by atomic mass is 10.1. The molecule has 0 aliphatic rings. The number of nitrogens with two attached hydrogens (primary N) is 1. The summed E-state index contributed by atoms with van der Waals surface area (Å²) >= 11 is 0. The predicted molar refractivity (Wildman–Crippen MR) is 121 cm³/mol. The minimum atomic E-state index is -0.540. The van der Waals surface area contributed by atoms with E-state index in [4.69, 9.17) is 19.9 Å². The Morgan fingerprint density at radius 1 is 0.750 bits per heavy atom. The quantitative estimate of drug-likeness (QED) is 0.202. The van der Waals surface area contributed by atoms with E-state index in [0.29, 0.717) is 35.8 Å². The molecule has 2 N–H and O–H groups in total. The Morgan fingerprint density at radius 2 is 1.28 bits per heavy atom. The van der Waals surface area contributed by atoms with Gasteiger partial charge in [0.15, 0.2) is 0 Å². The molecule has 2 rings (SSSR count). The van der Waals surface area contributed by atoms with Crippen LogP contribution in [0.4, 0.5) is 0 Å². The second-order valence-electron chi connectivity index (χ2n) is 7.14. The van der Waals surface area contributed by atoms with Gasteiger partial charge < -0.3 is 19.9 Å². The van der Waals surface area contributed by atoms with E-state index in [2.05, 4.69) is 6.58 Å². The second-order valence-corrected chi connectivity index (χ2v) is 7.14. The molecule has 0 aromatic heterocycles. The molecule has 0 aliphatic carbocycles. The van der Waals surface area contributed by atoms with Gasteiger partial charge >= 0.3 is 11.9 Å². The summed E-state index contributed by atoms with van der Waals surface area (Å²) in [6.07, 6.45) is 7.26. The molecule has 7 heteroatoms. The third-order valence-electron chi connectivity index (χ3n) is 4.66. The van der Waals surface area contributed by atoms with Crippen molar-refractivity contribution in [2.24, 2.45) is 5.73 Å². The van der Waals surface area contributed by atoms with Crippen LogP contribution in [0.15, 0.2) is 61.2 Å². The molecule has 1 amide bonds. The van der Waals surface area contributed by atoms with E-state index in [1.165, 1.54) is 30.3 Å². The molecule has 0 unspecified atom stereocenters. The lowest BCUT2D eigenvalue weighted by Gasteiger charge is -2.08. The molecule has 170 valence electrons. The number of ether oxygens (including phenoxy) is 3. The van der Waals surface area contributed by atoms with Crippen molar-refractivity contribution in [2.45, 2.75) is 38.5 Å². The Kier molecular flexibility index (Phi) is 10.5. The highest BCUT2D eigenvalue weighted by molar-refractivity contribution is 5.93. The molecule has 0 saturated heterocycles. The van der Waals surface area contributed by atoms with Gasteiger partial charge in [0.05, 0.1) is 18.8 Å². The first-order chi connectivity index (χ1) is 15.5. The van der Waals surface area contributed by atoms with Crippen molar-refractivity contribution in [1.82, 2.24) is 0 Å². The van der Waals surface area contributed by atoms with Crippen molar-refractivity contribution in [3.63, 3.8) is 0 Å². The number of carbonyl (C=O) groups is 3. The molecule has 2 aromatic rings. The SMILES string of the molecule is C=CC(=O)OCCCCCCCCOc1ccc(C(=O)Oc2ccc(C(N)=O)cc2)cc1. The van der Waals surface area contributed by atoms with Crippen molar-refractivity contribution in [3.05, 3.63) is 72.3 Å². The standard InChI is InChI=1S/C25H29NO6/c1-2-23(27)31-18-8-6-4-3-5-7-17-30-21-13-11-20(12-14-21)25(29)32-22-15-9-19(10-16-22)24(26)28/h2,9-16H,1,3-8,17-18H2,(H2,26,28). The predicted octanol–water partition coefficient (Wildman–Crippen LogP) is 4.45. The molecule has 2 aromatic carbocycles. The van der Waals surface area contributed by atoms with Crippen LogP contribution in [0.2, 0.25) is 0 Å². The molecule has 7 nitrogen and oxygen atoms in total. The van der Waals surface area contributed by atoms with Gasteiger partial charge in [-0.1, -0.05) is 32.3 Å². The zero-order valence-corrected chi connectivity index (χ0v) is 18.1. The number of benzene rings is 2. The molecule has 0 aliphatic heterocycles. The monoisotopic (exact) mass is 439 g/mol. The number of esters is 2. The molecular formula is C25H29NO6. The van der Waals surface area contributed by atoms with Gasteiger partial charge in [-0.15, -0.1) is 0 Å². The van der Waals surface area contributed by atoms with E-state index < -0.39 is 11.9 Å². The van der Waals surface area contributed by atoms with Crippen molar-refractivity contribution in [2.75, 3.05) is 13.2 Å². The van der Waals surface area contributed by atoms with Gasteiger partial charge in [0.25, 0.3) is 0 Å². The van der Waals surface area contributed by atoms with Gasteiger partial charge in [-0.25, -0.2) is 9.59 Å². The average Bonchev–Trinajstić information content (AvgIpc) is 2.80. The number of hydrogen-bond donors (Lipinski definition) is 1. The Labute approximate surface area is 188 Å². The highest BCUT2D eigenvalue weighted by Gasteiger charge is 2.09. The summed E-state index contributed by atoms with van der Waals surface area (Å²) in [5, 5.41) is 0. The van der Waals surface area contributed by atoms with Gasteiger partial charge in [-0.3, -0.25) is 4.79 Å². The normalized spacial score (nSPS) is 10.2. The van der Waals surface area contributed by atoms with Gasteiger partial charge in [0, 0.05) is 11.6 Å². The van der Waals surface area contributed by atoms with Crippen LogP contribution in [-0.2, 0) is 9.53 Å². The first kappa shape index (κ1) is 24.7. The maximum absolute atomic E-state index is 12.2. The molecule has 0 bridgehead atoms. The van der Waals surface area contributed by atoms with Crippen molar-refractivity contribution < 1.29 is 28.6 Å². The number of hydrogen-bond acceptors (Lipinski definition) is 6. The second kappa shape index (κ2) is 13.6. The third-order valence-corrected chi connectivity index (χ3v) is 4.66. The van der Waals surface area contributed by atoms with E-state index >= 15 is 0 Å². The van der Waals surface area contributed by atoms with E-state index in [0.717, 1.165) is 38.5 Å². The lowest BCUT2D eigenvalue weighted by Crippen LogP contribution is -2.11. The lowest BCUT2D eigenvalue weighted by molar-refractivity contribution is -0.137. The zero-order chi connectivity index (χ0) is 23.2. The summed E-state index contributed by atoms with van der Waals surface area (Å²) < 4.78 is 15.9. The van der Waals surface area contributed by atoms with Crippen LogP contribution in [0.25, 0.3) is 0 Å². The summed E-state index contributed by atoms with van der Waals surface area (Å²) in [4.78, 5) is 34.2. The van der Waals surface area contributed by atoms with Crippen LogP contribution in [-0.4, -0.2) is 31.1 Å². The highest BCUT2D eigenvalue weighted by atomic mass is 16.5. The van der Waals surface area contributed by atoms with Crippen LogP contribution >= 0.6 is 0 Å². The van der Waals surface area contributed by atoms with Gasteiger partial charge in [0.2, 0.25) is 5.91 Å². The Balaban J connectivity index is 1.60. The molecule has 0 atom stereocenters. The van der Waals surface area contributed by atoms with Crippen molar-refractivity contribution in [1.29, 1.82) is 0 Å². The fraction of sp³-hybridized carbons (Fsp3) is 0.320. The van der Waals surface area contributed by atoms with Gasteiger partial charge in [-0.05, 0) is 61.4 Å². The van der Waals surface area contributed by atoms with Crippen molar-refractivity contribution in [3.8, 4) is 11.5 Å². The van der Waals surface area contributed by atoms with E-state index in [9.17, 15) is 14.4 Å². The van der Waals surface area contributed by atoms with Crippen LogP contribution < -0.4 is 15.2 Å². The largest absolute Gasteiger partial charge is 0.494 e. The minimum Gasteiger partial charge on any atom is -0.494 e. The summed E-state index contributed by atoms with van der Waals surface area (Å²) in [5.41, 5.74) is 5.93. The molecular weight excluding hydrogens is 410 g/mol. The van der Waals surface area contributed by atoms with Crippen LogP contribution in [0.3, 0.4) is 0 Å². The molecule has 0 radical (unpaired) electrons. The summed E-state index contributed by atoms with van der Waals surface area (Å²) in [6.45, 7) is 4.40. The Bertz CT molecular complexity index is 890. The molecule has 0 fully saturated rings. The number of rotatable bonds is 14. The van der Waals surface area contributed by atoms with Gasteiger partial charge in [0.1, 0.15) is 11.5 Å². The maximum atomic E-state index is 12.2. The van der Waals surface area contributed by atoms with E-state index in [1.807, 2.05) is 0 Å². The summed E-state index contributed by atoms with van der Waals surface area (Å²) in [6, 6.07) is 12.8. The zero-order valence-electron chi connectivity index (χ0n) is 18.1. The Morgan fingerprint density at radius 3 is 1.88 bits per heavy atom. The fourth-order valence-corrected chi connectivity index (χ4v) is 2.87. The number of amides is 1. The molecule has 0 spiro atoms. The van der Waals surface area contributed by atoms with Crippen LogP contribution in [0.5, 0.6) is 11.5 Å². The van der Waals surface area contributed by atoms with Gasteiger partial charge in [-0.2, -0.15) is 0 Å². The summed E-state index contributed by atoms with van der Waals surface area (Å²) in [7, 11) is 0. The number of carbonyl (C=O) groups excluding carboxylic acids is 3. The van der Waals surface area contributed by atoms with Crippen molar-refractivity contribution >= 4 is 17.8 Å². The maximum Gasteiger partial charge on any atom is 0.343 e. The van der Waals surface area contributed by atoms with Crippen LogP contribution in [0.1, 0.15) is 59.2 Å². The number of primary amides is 1. The molecule has 0 saturated carbocycles. The highest BCUT2D eigenvalue weighted by Crippen LogP contribution is 2.17. The van der Waals surface area contributed by atoms with Crippen LogP contribution in [0, 0.1) is 0 Å². The minimum absolute atomic E-state index is 0.332. The number of unbranched alkanes of at least 4 members (excludes halogenated alkanes) is 5. The summed E-state index contributed by atoms with van der Waals surface area (Å²) in [5.74, 6) is -0.386. The fourth-order valence-electron chi connectivity index (χ4n) is 2.87. The molecule has 0 heterocycles. The average molecular weight is 440 g/mol. The Hall–Kier alpha value is -3.61. The first-order valence-electron chi connectivity index (χ1n) is 10.6. The topological polar surface area (TPSA) is 105 Å². The first-order valence-corrected chi connectivity index (χ1v) is 10.6. The third kappa shape index (κ3) is 9.04. The smallest absolute Gasteiger partial charge is 0.343 e. The molecule has 32 heavy (non-hydrogen) atoms. The van der Waals surface area contributed by atoms with E-state index in [-0.39, 0.29) is 5.97 Å².